The fourth-order valence-electron chi connectivity index (χ4n) is 3.69. The van der Waals surface area contributed by atoms with Crippen molar-refractivity contribution in [3.05, 3.63) is 29.3 Å². The van der Waals surface area contributed by atoms with Crippen molar-refractivity contribution in [3.8, 4) is 11.5 Å². The molecule has 6 nitrogen and oxygen atoms in total. The van der Waals surface area contributed by atoms with Crippen LogP contribution in [0.3, 0.4) is 0 Å². The minimum Gasteiger partial charge on any atom is -0.495 e. The number of nitrogens with one attached hydrogen (secondary N) is 1. The number of aliphatic carboxylic acids is 1. The molecule has 0 radical (unpaired) electrons. The molecule has 0 aliphatic heterocycles. The number of hydrogen-bond donors (Lipinski definition) is 2. The highest BCUT2D eigenvalue weighted by atomic mass is 35.5. The number of fused-ring (bicyclic) bond motifs is 2. The van der Waals surface area contributed by atoms with Crippen LogP contribution in [0.5, 0.6) is 11.5 Å². The number of amides is 1. The van der Waals surface area contributed by atoms with E-state index >= 15 is 0 Å². The average Bonchev–Trinajstić information content (AvgIpc) is 3.16. The average molecular weight is 352 g/mol. The summed E-state index contributed by atoms with van der Waals surface area (Å²) in [5.74, 6) is -1.86. The molecule has 4 atom stereocenters. The van der Waals surface area contributed by atoms with E-state index in [1.807, 2.05) is 12.2 Å². The molecule has 0 saturated heterocycles. The molecular weight excluding hydrogens is 334 g/mol. The summed E-state index contributed by atoms with van der Waals surface area (Å²) in [6.45, 7) is 0. The molecule has 2 bridgehead atoms. The summed E-state index contributed by atoms with van der Waals surface area (Å²) >= 11 is 6.11. The largest absolute Gasteiger partial charge is 0.495 e. The minimum atomic E-state index is -0.938. The van der Waals surface area contributed by atoms with Crippen molar-refractivity contribution in [3.63, 3.8) is 0 Å². The summed E-state index contributed by atoms with van der Waals surface area (Å²) in [5, 5.41) is 12.6. The molecule has 4 unspecified atom stereocenters. The quantitative estimate of drug-likeness (QED) is 0.797. The minimum absolute atomic E-state index is 0.0455. The zero-order valence-corrected chi connectivity index (χ0v) is 14.0. The Labute approximate surface area is 144 Å². The number of carbonyl (C=O) groups is 2. The number of rotatable bonds is 5. The van der Waals surface area contributed by atoms with Crippen LogP contribution in [0.2, 0.25) is 5.02 Å². The SMILES string of the molecule is COc1cc(OC)c(NC(=O)C2C3C=CC(C3)C2C(=O)O)cc1Cl. The normalized spacial score (nSPS) is 27.1. The van der Waals surface area contributed by atoms with E-state index < -0.39 is 17.8 Å². The van der Waals surface area contributed by atoms with Crippen molar-refractivity contribution in [2.24, 2.45) is 23.7 Å². The fraction of sp³-hybridized carbons (Fsp3) is 0.412. The first-order valence-corrected chi connectivity index (χ1v) is 7.97. The molecule has 2 aliphatic rings. The van der Waals surface area contributed by atoms with Gasteiger partial charge in [0, 0.05) is 6.07 Å². The van der Waals surface area contributed by atoms with Gasteiger partial charge in [0.05, 0.1) is 36.8 Å². The Hall–Kier alpha value is -2.21. The third-order valence-corrected chi connectivity index (χ3v) is 5.07. The van der Waals surface area contributed by atoms with Crippen LogP contribution in [-0.4, -0.2) is 31.2 Å². The molecule has 1 fully saturated rings. The summed E-state index contributed by atoms with van der Waals surface area (Å²) in [6.07, 6.45) is 4.54. The Morgan fingerprint density at radius 2 is 1.75 bits per heavy atom. The lowest BCUT2D eigenvalue weighted by atomic mass is 9.82. The first-order chi connectivity index (χ1) is 11.5. The van der Waals surface area contributed by atoms with Crippen molar-refractivity contribution in [1.82, 2.24) is 0 Å². The molecular formula is C17H18ClNO5. The van der Waals surface area contributed by atoms with Crippen LogP contribution in [-0.2, 0) is 9.59 Å². The van der Waals surface area contributed by atoms with Gasteiger partial charge >= 0.3 is 5.97 Å². The predicted octanol–water partition coefficient (Wildman–Crippen LogP) is 2.82. The number of anilines is 1. The van der Waals surface area contributed by atoms with Gasteiger partial charge in [0.1, 0.15) is 11.5 Å². The second-order valence-electron chi connectivity index (χ2n) is 6.01. The van der Waals surface area contributed by atoms with E-state index in [9.17, 15) is 14.7 Å². The van der Waals surface area contributed by atoms with E-state index in [4.69, 9.17) is 21.1 Å². The summed E-state index contributed by atoms with van der Waals surface area (Å²) in [5.41, 5.74) is 0.393. The third-order valence-electron chi connectivity index (χ3n) is 4.78. The van der Waals surface area contributed by atoms with Crippen LogP contribution in [0.1, 0.15) is 6.42 Å². The van der Waals surface area contributed by atoms with Gasteiger partial charge in [-0.1, -0.05) is 23.8 Å². The summed E-state index contributed by atoms with van der Waals surface area (Å²) in [4.78, 5) is 24.3. The second kappa shape index (κ2) is 6.36. The molecule has 7 heteroatoms. The van der Waals surface area contributed by atoms with Crippen molar-refractivity contribution < 1.29 is 24.2 Å². The molecule has 1 saturated carbocycles. The summed E-state index contributed by atoms with van der Waals surface area (Å²) < 4.78 is 10.4. The molecule has 0 heterocycles. The molecule has 0 aromatic heterocycles. The Bertz CT molecular complexity index is 717. The van der Waals surface area contributed by atoms with Gasteiger partial charge in [-0.25, -0.2) is 0 Å². The monoisotopic (exact) mass is 351 g/mol. The van der Waals surface area contributed by atoms with Crippen LogP contribution < -0.4 is 14.8 Å². The zero-order valence-electron chi connectivity index (χ0n) is 13.3. The van der Waals surface area contributed by atoms with Gasteiger partial charge in [0.25, 0.3) is 0 Å². The van der Waals surface area contributed by atoms with Crippen LogP contribution in [0.25, 0.3) is 0 Å². The summed E-state index contributed by atoms with van der Waals surface area (Å²) in [6, 6.07) is 3.11. The zero-order chi connectivity index (χ0) is 17.4. The maximum Gasteiger partial charge on any atom is 0.307 e. The number of ether oxygens (including phenoxy) is 2. The number of methoxy groups -OCH3 is 2. The first-order valence-electron chi connectivity index (χ1n) is 7.59. The predicted molar refractivity (Wildman–Crippen MR) is 88.5 cm³/mol. The molecule has 2 aliphatic carbocycles. The van der Waals surface area contributed by atoms with E-state index in [2.05, 4.69) is 5.32 Å². The van der Waals surface area contributed by atoms with Crippen LogP contribution >= 0.6 is 11.6 Å². The number of carbonyl (C=O) groups excluding carboxylic acids is 1. The molecule has 1 aromatic rings. The number of allylic oxidation sites excluding steroid dienone is 2. The Kier molecular flexibility index (Phi) is 4.41. The highest BCUT2D eigenvalue weighted by Crippen LogP contribution is 2.48. The number of carboxylic acids is 1. The van der Waals surface area contributed by atoms with Gasteiger partial charge in [-0.15, -0.1) is 0 Å². The van der Waals surface area contributed by atoms with Gasteiger partial charge in [-0.2, -0.15) is 0 Å². The smallest absolute Gasteiger partial charge is 0.307 e. The molecule has 1 amide bonds. The van der Waals surface area contributed by atoms with Gasteiger partial charge in [-0.05, 0) is 24.3 Å². The van der Waals surface area contributed by atoms with Gasteiger partial charge < -0.3 is 19.9 Å². The number of halogens is 1. The lowest BCUT2D eigenvalue weighted by Gasteiger charge is -2.24. The summed E-state index contributed by atoms with van der Waals surface area (Å²) in [7, 11) is 2.95. The van der Waals surface area contributed by atoms with Crippen molar-refractivity contribution in [2.45, 2.75) is 6.42 Å². The van der Waals surface area contributed by atoms with Crippen molar-refractivity contribution in [1.29, 1.82) is 0 Å². The lowest BCUT2D eigenvalue weighted by Crippen LogP contribution is -2.36. The standard InChI is InChI=1S/C17H18ClNO5/c1-23-12-7-13(24-2)11(6-10(12)18)19-16(20)14-8-3-4-9(5-8)15(14)17(21)22/h3-4,6-9,14-15H,5H2,1-2H3,(H,19,20)(H,21,22). The van der Waals surface area contributed by atoms with E-state index in [0.717, 1.165) is 0 Å². The molecule has 0 spiro atoms. The van der Waals surface area contributed by atoms with E-state index in [1.54, 1.807) is 6.07 Å². The maximum atomic E-state index is 12.7. The number of hydrogen-bond acceptors (Lipinski definition) is 4. The van der Waals surface area contributed by atoms with Crippen molar-refractivity contribution >= 4 is 29.2 Å². The molecule has 24 heavy (non-hydrogen) atoms. The topological polar surface area (TPSA) is 84.9 Å². The molecule has 2 N–H and O–H groups in total. The van der Waals surface area contributed by atoms with Crippen molar-refractivity contribution in [2.75, 3.05) is 19.5 Å². The Balaban J connectivity index is 1.86. The lowest BCUT2D eigenvalue weighted by molar-refractivity contribution is -0.146. The molecule has 3 rings (SSSR count). The van der Waals surface area contributed by atoms with Crippen LogP contribution in [0.15, 0.2) is 24.3 Å². The number of carboxylic acid groups (broad SMARTS) is 1. The van der Waals surface area contributed by atoms with Gasteiger partial charge in [0.15, 0.2) is 0 Å². The first kappa shape index (κ1) is 16.6. The van der Waals surface area contributed by atoms with E-state index in [0.29, 0.717) is 28.6 Å². The fourth-order valence-corrected chi connectivity index (χ4v) is 3.93. The molecule has 1 aromatic carbocycles. The van der Waals surface area contributed by atoms with Gasteiger partial charge in [-0.3, -0.25) is 9.59 Å². The van der Waals surface area contributed by atoms with Gasteiger partial charge in [0.2, 0.25) is 5.91 Å². The highest BCUT2D eigenvalue weighted by Gasteiger charge is 2.51. The van der Waals surface area contributed by atoms with E-state index in [-0.39, 0.29) is 17.7 Å². The third kappa shape index (κ3) is 2.71. The number of benzene rings is 1. The van der Waals surface area contributed by atoms with E-state index in [1.165, 1.54) is 20.3 Å². The molecule has 128 valence electrons. The Morgan fingerprint density at radius 1 is 1.12 bits per heavy atom. The van der Waals surface area contributed by atoms with Crippen LogP contribution in [0, 0.1) is 23.7 Å². The highest BCUT2D eigenvalue weighted by molar-refractivity contribution is 6.32. The maximum absolute atomic E-state index is 12.7. The second-order valence-corrected chi connectivity index (χ2v) is 6.42. The van der Waals surface area contributed by atoms with Crippen LogP contribution in [0.4, 0.5) is 5.69 Å². The Morgan fingerprint density at radius 3 is 2.33 bits per heavy atom.